The van der Waals surface area contributed by atoms with Crippen molar-refractivity contribution in [1.82, 2.24) is 19.3 Å². The largest absolute Gasteiger partial charge is 0.457 e. The van der Waals surface area contributed by atoms with Gasteiger partial charge in [0.25, 0.3) is 0 Å². The fourth-order valence-electron chi connectivity index (χ4n) is 8.11. The molecule has 0 radical (unpaired) electrons. The van der Waals surface area contributed by atoms with Crippen molar-refractivity contribution in [1.29, 1.82) is 0 Å². The number of pyridine rings is 1. The second-order valence-corrected chi connectivity index (χ2v) is 15.7. The minimum absolute atomic E-state index is 0.00467. The van der Waals surface area contributed by atoms with Gasteiger partial charge in [0.2, 0.25) is 0 Å². The third kappa shape index (κ3) is 6.25. The van der Waals surface area contributed by atoms with Crippen LogP contribution in [0.4, 0.5) is 0 Å². The predicted octanol–water partition coefficient (Wildman–Crippen LogP) is 13.4. The van der Waals surface area contributed by atoms with E-state index in [2.05, 4.69) is 202 Å². The maximum atomic E-state index is 6.73. The first-order valence-electron chi connectivity index (χ1n) is 19.2. The van der Waals surface area contributed by atoms with Gasteiger partial charge in [0.1, 0.15) is 17.3 Å². The fourth-order valence-corrected chi connectivity index (χ4v) is 8.11. The monoisotopic (exact) mass is 728 g/mol. The smallest absolute Gasteiger partial charge is 0.137 e. The Balaban J connectivity index is 1.14. The molecular weight excluding hydrogens is 685 g/mol. The van der Waals surface area contributed by atoms with Gasteiger partial charge in [-0.15, -0.1) is 0 Å². The number of hydrogen-bond acceptors (Lipinski definition) is 3. The lowest BCUT2D eigenvalue weighted by molar-refractivity contribution is 0.482. The number of fused-ring (bicyclic) bond motifs is 3. The van der Waals surface area contributed by atoms with Crippen molar-refractivity contribution in [2.75, 3.05) is 0 Å². The van der Waals surface area contributed by atoms with Crippen LogP contribution < -0.4 is 4.74 Å². The standard InChI is InChI=1S/C51H44N4O/c1-33-28-39(55-35(3)49(34(2)53-55)50-42(36-16-9-7-10-17-36)21-15-22-43(50)37-18-11-8-12-19-37)31-41(29-33)56-40-24-25-45-44-20-13-14-23-46(44)54(47(45)32-40)48-30-38(26-27-52-48)51(4,5)6/h7-32H,1-6H3. The van der Waals surface area contributed by atoms with E-state index < -0.39 is 0 Å². The molecule has 0 amide bonds. The zero-order valence-corrected chi connectivity index (χ0v) is 32.7. The molecule has 56 heavy (non-hydrogen) atoms. The van der Waals surface area contributed by atoms with Gasteiger partial charge in [-0.2, -0.15) is 5.10 Å². The van der Waals surface area contributed by atoms with Crippen LogP contribution in [0.15, 0.2) is 158 Å². The van der Waals surface area contributed by atoms with Gasteiger partial charge in [-0.05, 0) is 102 Å². The number of aryl methyl sites for hydroxylation is 2. The molecular formula is C51H44N4O. The molecule has 0 atom stereocenters. The van der Waals surface area contributed by atoms with Crippen LogP contribution in [-0.4, -0.2) is 19.3 Å². The molecule has 5 nitrogen and oxygen atoms in total. The van der Waals surface area contributed by atoms with Gasteiger partial charge in [0, 0.05) is 45.9 Å². The number of benzene rings is 6. The first-order valence-corrected chi connectivity index (χ1v) is 19.2. The lowest BCUT2D eigenvalue weighted by atomic mass is 9.87. The molecule has 0 unspecified atom stereocenters. The Morgan fingerprint density at radius 1 is 0.554 bits per heavy atom. The molecule has 9 rings (SSSR count). The van der Waals surface area contributed by atoms with Crippen LogP contribution in [0, 0.1) is 20.8 Å². The zero-order valence-electron chi connectivity index (χ0n) is 32.7. The molecule has 0 saturated carbocycles. The quantitative estimate of drug-likeness (QED) is 0.164. The van der Waals surface area contributed by atoms with E-state index in [1.54, 1.807) is 0 Å². The van der Waals surface area contributed by atoms with Crippen molar-refractivity contribution < 1.29 is 4.74 Å². The summed E-state index contributed by atoms with van der Waals surface area (Å²) in [6.07, 6.45) is 1.91. The summed E-state index contributed by atoms with van der Waals surface area (Å²) in [5.41, 5.74) is 14.5. The predicted molar refractivity (Wildman–Crippen MR) is 231 cm³/mol. The SMILES string of the molecule is Cc1cc(Oc2ccc3c4ccccc4n(-c4cc(C(C)(C)C)ccn4)c3c2)cc(-n2nc(C)c(-c3c(-c4ccccc4)cccc3-c3ccccc3)c2C)c1. The van der Waals surface area contributed by atoms with E-state index in [-0.39, 0.29) is 5.41 Å². The van der Waals surface area contributed by atoms with Crippen LogP contribution in [0.2, 0.25) is 0 Å². The number of nitrogens with zero attached hydrogens (tertiary/aromatic N) is 4. The van der Waals surface area contributed by atoms with Gasteiger partial charge in [-0.25, -0.2) is 9.67 Å². The van der Waals surface area contributed by atoms with E-state index in [4.69, 9.17) is 14.8 Å². The minimum atomic E-state index is -0.00467. The highest BCUT2D eigenvalue weighted by atomic mass is 16.5. The van der Waals surface area contributed by atoms with Crippen LogP contribution in [0.5, 0.6) is 11.5 Å². The van der Waals surface area contributed by atoms with Crippen LogP contribution in [0.3, 0.4) is 0 Å². The van der Waals surface area contributed by atoms with E-state index in [0.29, 0.717) is 0 Å². The summed E-state index contributed by atoms with van der Waals surface area (Å²) < 4.78 is 11.1. The van der Waals surface area contributed by atoms with Crippen LogP contribution in [0.1, 0.15) is 43.3 Å². The molecule has 0 spiro atoms. The van der Waals surface area contributed by atoms with Crippen LogP contribution >= 0.6 is 0 Å². The Kier molecular flexibility index (Phi) is 8.66. The molecule has 0 aliphatic heterocycles. The summed E-state index contributed by atoms with van der Waals surface area (Å²) in [5, 5.41) is 7.54. The number of para-hydroxylation sites is 1. The molecule has 3 heterocycles. The minimum Gasteiger partial charge on any atom is -0.457 e. The Bertz CT molecular complexity index is 2840. The van der Waals surface area contributed by atoms with Gasteiger partial charge in [-0.3, -0.25) is 4.57 Å². The normalized spacial score (nSPS) is 11.8. The van der Waals surface area contributed by atoms with Crippen molar-refractivity contribution >= 4 is 21.8 Å². The number of hydrogen-bond donors (Lipinski definition) is 0. The second kappa shape index (κ2) is 13.8. The molecule has 0 aliphatic rings. The van der Waals surface area contributed by atoms with Crippen molar-refractivity contribution in [2.24, 2.45) is 0 Å². The molecule has 6 aromatic carbocycles. The van der Waals surface area contributed by atoms with Crippen LogP contribution in [-0.2, 0) is 5.41 Å². The van der Waals surface area contributed by atoms with E-state index in [0.717, 1.165) is 61.9 Å². The lowest BCUT2D eigenvalue weighted by Crippen LogP contribution is -2.12. The highest BCUT2D eigenvalue weighted by molar-refractivity contribution is 6.09. The molecule has 0 N–H and O–H groups in total. The van der Waals surface area contributed by atoms with Crippen LogP contribution in [0.25, 0.3) is 66.7 Å². The molecule has 0 bridgehead atoms. The molecule has 3 aromatic heterocycles. The first kappa shape index (κ1) is 35.0. The van der Waals surface area contributed by atoms with E-state index in [1.165, 1.54) is 38.8 Å². The lowest BCUT2D eigenvalue weighted by Gasteiger charge is -2.20. The van der Waals surface area contributed by atoms with Crippen molar-refractivity contribution in [3.05, 3.63) is 180 Å². The van der Waals surface area contributed by atoms with Gasteiger partial charge in [0.15, 0.2) is 0 Å². The fraction of sp³-hybridized carbons (Fsp3) is 0.137. The zero-order chi connectivity index (χ0) is 38.6. The Labute approximate surface area is 328 Å². The maximum Gasteiger partial charge on any atom is 0.137 e. The third-order valence-corrected chi connectivity index (χ3v) is 10.8. The third-order valence-electron chi connectivity index (χ3n) is 10.8. The summed E-state index contributed by atoms with van der Waals surface area (Å²) in [4.78, 5) is 4.86. The molecule has 0 fully saturated rings. The van der Waals surface area contributed by atoms with E-state index >= 15 is 0 Å². The number of ether oxygens (including phenoxy) is 1. The Morgan fingerprint density at radius 2 is 1.21 bits per heavy atom. The highest BCUT2D eigenvalue weighted by Gasteiger charge is 2.23. The van der Waals surface area contributed by atoms with Gasteiger partial charge < -0.3 is 4.74 Å². The molecule has 9 aromatic rings. The van der Waals surface area contributed by atoms with Crippen molar-refractivity contribution in [3.8, 4) is 56.4 Å². The van der Waals surface area contributed by atoms with Crippen molar-refractivity contribution in [2.45, 2.75) is 47.0 Å². The number of rotatable bonds is 7. The Hall–Kier alpha value is -6.72. The molecule has 274 valence electrons. The summed E-state index contributed by atoms with van der Waals surface area (Å²) in [6.45, 7) is 13.1. The average Bonchev–Trinajstić information content (AvgIpc) is 3.70. The molecule has 0 aliphatic carbocycles. The van der Waals surface area contributed by atoms with Gasteiger partial charge in [-0.1, -0.05) is 118 Å². The first-order chi connectivity index (χ1) is 27.1. The summed E-state index contributed by atoms with van der Waals surface area (Å²) in [6, 6.07) is 53.4. The number of aromatic nitrogens is 4. The molecule has 0 saturated heterocycles. The molecule has 5 heteroatoms. The summed E-state index contributed by atoms with van der Waals surface area (Å²) in [5.74, 6) is 2.39. The van der Waals surface area contributed by atoms with Crippen molar-refractivity contribution in [3.63, 3.8) is 0 Å². The second-order valence-electron chi connectivity index (χ2n) is 15.7. The topological polar surface area (TPSA) is 44.9 Å². The summed E-state index contributed by atoms with van der Waals surface area (Å²) in [7, 11) is 0. The van der Waals surface area contributed by atoms with Gasteiger partial charge in [0.05, 0.1) is 22.4 Å². The average molecular weight is 729 g/mol. The highest BCUT2D eigenvalue weighted by Crippen LogP contribution is 2.43. The maximum absolute atomic E-state index is 6.73. The van der Waals surface area contributed by atoms with E-state index in [9.17, 15) is 0 Å². The van der Waals surface area contributed by atoms with E-state index in [1.807, 2.05) is 6.20 Å². The Morgan fingerprint density at radius 3 is 1.91 bits per heavy atom. The van der Waals surface area contributed by atoms with Gasteiger partial charge >= 0.3 is 0 Å². The summed E-state index contributed by atoms with van der Waals surface area (Å²) >= 11 is 0.